The molecule has 28 heavy (non-hydrogen) atoms. The molecule has 0 aliphatic heterocycles. The van der Waals surface area contributed by atoms with Gasteiger partial charge in [0.05, 0.1) is 0 Å². The third-order valence-corrected chi connectivity index (χ3v) is 4.84. The molecule has 1 amide bonds. The first-order chi connectivity index (χ1) is 13.2. The molecule has 0 aromatic carbocycles. The maximum absolute atomic E-state index is 10.6. The SMILES string of the molecule is CCCCCCCCCCCCCCCCCC(N)=O.Cc1ccccn1.Cl. The van der Waals surface area contributed by atoms with Crippen LogP contribution in [0.2, 0.25) is 0 Å². The highest BCUT2D eigenvalue weighted by molar-refractivity contribution is 5.85. The van der Waals surface area contributed by atoms with Gasteiger partial charge in [0.15, 0.2) is 0 Å². The Morgan fingerprint density at radius 3 is 1.50 bits per heavy atom. The van der Waals surface area contributed by atoms with Crippen molar-refractivity contribution in [3.63, 3.8) is 0 Å². The Morgan fingerprint density at radius 1 is 0.786 bits per heavy atom. The van der Waals surface area contributed by atoms with E-state index in [2.05, 4.69) is 11.9 Å². The van der Waals surface area contributed by atoms with Crippen molar-refractivity contribution in [2.45, 2.75) is 117 Å². The van der Waals surface area contributed by atoms with Gasteiger partial charge in [0, 0.05) is 18.3 Å². The van der Waals surface area contributed by atoms with E-state index in [1.54, 1.807) is 6.20 Å². The van der Waals surface area contributed by atoms with E-state index in [-0.39, 0.29) is 18.3 Å². The molecule has 0 radical (unpaired) electrons. The zero-order chi connectivity index (χ0) is 20.0. The molecule has 164 valence electrons. The van der Waals surface area contributed by atoms with Gasteiger partial charge in [-0.3, -0.25) is 9.78 Å². The second-order valence-electron chi connectivity index (χ2n) is 7.64. The molecule has 2 N–H and O–H groups in total. The largest absolute Gasteiger partial charge is 0.370 e. The minimum absolute atomic E-state index is 0. The summed E-state index contributed by atoms with van der Waals surface area (Å²) in [5.41, 5.74) is 6.18. The quantitative estimate of drug-likeness (QED) is 0.285. The number of aromatic nitrogens is 1. The Labute approximate surface area is 180 Å². The van der Waals surface area contributed by atoms with Crippen molar-refractivity contribution in [3.05, 3.63) is 30.1 Å². The number of aryl methyl sites for hydroxylation is 1. The van der Waals surface area contributed by atoms with Crippen LogP contribution >= 0.6 is 12.4 Å². The Kier molecular flexibility index (Phi) is 24.9. The highest BCUT2D eigenvalue weighted by Crippen LogP contribution is 2.13. The number of rotatable bonds is 16. The number of carbonyl (C=O) groups is 1. The number of nitrogens with two attached hydrogens (primary N) is 1. The second kappa shape index (κ2) is 23.9. The van der Waals surface area contributed by atoms with E-state index in [1.807, 2.05) is 25.1 Å². The molecule has 0 saturated carbocycles. The molecule has 1 heterocycles. The number of nitrogens with zero attached hydrogens (tertiary/aromatic N) is 1. The summed E-state index contributed by atoms with van der Waals surface area (Å²) < 4.78 is 0. The normalized spacial score (nSPS) is 9.93. The zero-order valence-corrected chi connectivity index (χ0v) is 19.3. The molecule has 1 aromatic rings. The number of unbranched alkanes of at least 4 members (excludes halogenated alkanes) is 14. The van der Waals surface area contributed by atoms with E-state index in [4.69, 9.17) is 5.73 Å². The molecular formula is C24H45ClN2O. The number of hydrogen-bond acceptors (Lipinski definition) is 2. The van der Waals surface area contributed by atoms with Crippen molar-refractivity contribution in [1.82, 2.24) is 4.98 Å². The van der Waals surface area contributed by atoms with Crippen molar-refractivity contribution in [2.24, 2.45) is 5.73 Å². The molecule has 1 rings (SSSR count). The van der Waals surface area contributed by atoms with Crippen molar-refractivity contribution in [3.8, 4) is 0 Å². The predicted molar refractivity (Wildman–Crippen MR) is 125 cm³/mol. The number of carbonyl (C=O) groups excluding carboxylic acids is 1. The van der Waals surface area contributed by atoms with Gasteiger partial charge in [0.1, 0.15) is 0 Å². The summed E-state index contributed by atoms with van der Waals surface area (Å²) in [5, 5.41) is 0. The van der Waals surface area contributed by atoms with E-state index in [9.17, 15) is 4.79 Å². The van der Waals surface area contributed by atoms with Gasteiger partial charge in [-0.05, 0) is 25.5 Å². The van der Waals surface area contributed by atoms with Crippen LogP contribution in [-0.2, 0) is 4.79 Å². The fourth-order valence-corrected chi connectivity index (χ4v) is 3.12. The minimum atomic E-state index is -0.153. The first kappa shape index (κ1) is 29.1. The van der Waals surface area contributed by atoms with Gasteiger partial charge in [-0.1, -0.05) is 103 Å². The van der Waals surface area contributed by atoms with Crippen molar-refractivity contribution < 1.29 is 4.79 Å². The summed E-state index contributed by atoms with van der Waals surface area (Å²) in [4.78, 5) is 14.5. The molecule has 0 saturated heterocycles. The fraction of sp³-hybridized carbons (Fsp3) is 0.750. The fourth-order valence-electron chi connectivity index (χ4n) is 3.12. The van der Waals surface area contributed by atoms with Gasteiger partial charge in [0.2, 0.25) is 5.91 Å². The topological polar surface area (TPSA) is 56.0 Å². The first-order valence-corrected chi connectivity index (χ1v) is 11.3. The summed E-state index contributed by atoms with van der Waals surface area (Å²) >= 11 is 0. The number of amides is 1. The van der Waals surface area contributed by atoms with Gasteiger partial charge in [0.25, 0.3) is 0 Å². The number of halogens is 1. The first-order valence-electron chi connectivity index (χ1n) is 11.3. The molecule has 4 heteroatoms. The van der Waals surface area contributed by atoms with Crippen LogP contribution in [-0.4, -0.2) is 10.9 Å². The van der Waals surface area contributed by atoms with Crippen LogP contribution < -0.4 is 5.73 Å². The molecule has 1 aromatic heterocycles. The van der Waals surface area contributed by atoms with Crippen LogP contribution in [0.3, 0.4) is 0 Å². The monoisotopic (exact) mass is 412 g/mol. The lowest BCUT2D eigenvalue weighted by molar-refractivity contribution is -0.118. The second-order valence-corrected chi connectivity index (χ2v) is 7.64. The standard InChI is InChI=1S/C18H37NO.C6H7N.ClH/c1-2-3-4-5-6-7-8-9-10-11-12-13-14-15-16-17-18(19)20;1-6-4-2-3-5-7-6;/h2-17H2,1H3,(H2,19,20);2-5H,1H3;1H. The summed E-state index contributed by atoms with van der Waals surface area (Å²) in [6.07, 6.45) is 22.7. The molecular weight excluding hydrogens is 368 g/mol. The lowest BCUT2D eigenvalue weighted by Crippen LogP contribution is -2.09. The highest BCUT2D eigenvalue weighted by Gasteiger charge is 1.96. The third kappa shape index (κ3) is 24.9. The van der Waals surface area contributed by atoms with E-state index < -0.39 is 0 Å². The van der Waals surface area contributed by atoms with Gasteiger partial charge < -0.3 is 5.73 Å². The van der Waals surface area contributed by atoms with E-state index >= 15 is 0 Å². The number of primary amides is 1. The lowest BCUT2D eigenvalue weighted by atomic mass is 10.0. The van der Waals surface area contributed by atoms with Crippen molar-refractivity contribution in [2.75, 3.05) is 0 Å². The average Bonchev–Trinajstić information content (AvgIpc) is 2.66. The van der Waals surface area contributed by atoms with Crippen LogP contribution in [0, 0.1) is 6.92 Å². The van der Waals surface area contributed by atoms with Gasteiger partial charge >= 0.3 is 0 Å². The Balaban J connectivity index is 0. The molecule has 0 atom stereocenters. The highest BCUT2D eigenvalue weighted by atomic mass is 35.5. The van der Waals surface area contributed by atoms with Gasteiger partial charge in [-0.25, -0.2) is 0 Å². The average molecular weight is 413 g/mol. The maximum atomic E-state index is 10.6. The Bertz CT molecular complexity index is 426. The van der Waals surface area contributed by atoms with Gasteiger partial charge in [-0.15, -0.1) is 12.4 Å². The van der Waals surface area contributed by atoms with Crippen LogP contribution in [0.4, 0.5) is 0 Å². The summed E-state index contributed by atoms with van der Waals surface area (Å²) in [5.74, 6) is -0.153. The lowest BCUT2D eigenvalue weighted by Gasteiger charge is -2.03. The molecule has 0 aliphatic carbocycles. The van der Waals surface area contributed by atoms with Crippen LogP contribution in [0.5, 0.6) is 0 Å². The summed E-state index contributed by atoms with van der Waals surface area (Å²) in [7, 11) is 0. The molecule has 0 aliphatic rings. The third-order valence-electron chi connectivity index (χ3n) is 4.84. The molecule has 0 fully saturated rings. The smallest absolute Gasteiger partial charge is 0.217 e. The molecule has 3 nitrogen and oxygen atoms in total. The van der Waals surface area contributed by atoms with Gasteiger partial charge in [-0.2, -0.15) is 0 Å². The summed E-state index contributed by atoms with van der Waals surface area (Å²) in [6.45, 7) is 4.25. The number of pyridine rings is 1. The maximum Gasteiger partial charge on any atom is 0.217 e. The van der Waals surface area contributed by atoms with Crippen LogP contribution in [0.1, 0.15) is 115 Å². The molecule has 0 spiro atoms. The van der Waals surface area contributed by atoms with E-state index in [0.29, 0.717) is 6.42 Å². The number of hydrogen-bond donors (Lipinski definition) is 1. The van der Waals surface area contributed by atoms with Crippen LogP contribution in [0.15, 0.2) is 24.4 Å². The molecule has 0 unspecified atom stereocenters. The summed E-state index contributed by atoms with van der Waals surface area (Å²) in [6, 6.07) is 5.86. The zero-order valence-electron chi connectivity index (χ0n) is 18.5. The molecule has 0 bridgehead atoms. The predicted octanol–water partition coefficient (Wildman–Crippen LogP) is 7.55. The van der Waals surface area contributed by atoms with E-state index in [1.165, 1.54) is 89.9 Å². The van der Waals surface area contributed by atoms with Crippen molar-refractivity contribution >= 4 is 18.3 Å². The van der Waals surface area contributed by atoms with E-state index in [0.717, 1.165) is 12.1 Å². The minimum Gasteiger partial charge on any atom is -0.370 e. The van der Waals surface area contributed by atoms with Crippen molar-refractivity contribution in [1.29, 1.82) is 0 Å². The Morgan fingerprint density at radius 2 is 1.21 bits per heavy atom. The van der Waals surface area contributed by atoms with Crippen LogP contribution in [0.25, 0.3) is 0 Å². The Hall–Kier alpha value is -1.09.